The van der Waals surface area contributed by atoms with Gasteiger partial charge in [-0.05, 0) is 12.2 Å². The van der Waals surface area contributed by atoms with Crippen molar-refractivity contribution in [3.05, 3.63) is 34.0 Å². The largest absolute Gasteiger partial charge is 0.301 e. The average Bonchev–Trinajstić information content (AvgIpc) is 2.05. The Morgan fingerprint density at radius 3 is 2.75 bits per heavy atom. The van der Waals surface area contributed by atoms with Gasteiger partial charge in [-0.2, -0.15) is 0 Å². The molecule has 0 bridgehead atoms. The summed E-state index contributed by atoms with van der Waals surface area (Å²) >= 11 is 5.71. The Labute approximate surface area is 73.7 Å². The number of aldehydes is 1. The van der Waals surface area contributed by atoms with Crippen LogP contribution < -0.4 is 0 Å². The molecule has 0 radical (unpaired) electrons. The van der Waals surface area contributed by atoms with Crippen molar-refractivity contribution in [1.29, 1.82) is 0 Å². The van der Waals surface area contributed by atoms with Crippen LogP contribution in [-0.4, -0.2) is 16.1 Å². The van der Waals surface area contributed by atoms with E-state index in [0.29, 0.717) is 6.29 Å². The van der Waals surface area contributed by atoms with Gasteiger partial charge < -0.3 is 4.79 Å². The first-order chi connectivity index (χ1) is 5.57. The fourth-order valence-corrected chi connectivity index (χ4v) is 0.984. The quantitative estimate of drug-likeness (QED) is 0.283. The lowest BCUT2D eigenvalue weighted by Crippen LogP contribution is -2.22. The molecule has 12 heavy (non-hydrogen) atoms. The highest BCUT2D eigenvalue weighted by molar-refractivity contribution is 6.33. The summed E-state index contributed by atoms with van der Waals surface area (Å²) in [6.45, 7) is 0. The van der Waals surface area contributed by atoms with Crippen molar-refractivity contribution in [3.8, 4) is 0 Å². The smallest absolute Gasteiger partial charge is 0.265 e. The summed E-state index contributed by atoms with van der Waals surface area (Å²) in [4.78, 5) is 19.0. The van der Waals surface area contributed by atoms with Gasteiger partial charge in [-0.15, -0.1) is 11.6 Å². The van der Waals surface area contributed by atoms with E-state index >= 15 is 0 Å². The second-order valence-corrected chi connectivity index (χ2v) is 3.17. The molecule has 0 aliphatic heterocycles. The van der Waals surface area contributed by atoms with Crippen LogP contribution in [0.15, 0.2) is 23.9 Å². The minimum Gasteiger partial charge on any atom is -0.301 e. The maximum atomic E-state index is 10.4. The summed E-state index contributed by atoms with van der Waals surface area (Å²) in [5.41, 5.74) is -0.0203. The Morgan fingerprint density at radius 2 is 2.42 bits per heavy atom. The number of allylic oxidation sites excluding steroid dienone is 3. The Kier molecular flexibility index (Phi) is 2.28. The summed E-state index contributed by atoms with van der Waals surface area (Å²) in [5, 5.41) is 10.2. The predicted molar refractivity (Wildman–Crippen MR) is 43.5 cm³/mol. The number of nitro groups is 1. The fourth-order valence-electron chi connectivity index (χ4n) is 0.844. The number of hydrogen-bond donors (Lipinski definition) is 0. The summed E-state index contributed by atoms with van der Waals surface area (Å²) in [5.74, 6) is 0. The number of hydrogen-bond acceptors (Lipinski definition) is 3. The van der Waals surface area contributed by atoms with Crippen LogP contribution in [0.2, 0.25) is 0 Å². The molecule has 1 aliphatic carbocycles. The first kappa shape index (κ1) is 8.93. The lowest BCUT2D eigenvalue weighted by molar-refractivity contribution is -0.419. The van der Waals surface area contributed by atoms with Crippen molar-refractivity contribution < 1.29 is 9.72 Å². The first-order valence-electron chi connectivity index (χ1n) is 3.26. The van der Waals surface area contributed by atoms with Gasteiger partial charge in [0.1, 0.15) is 11.2 Å². The molecule has 0 saturated heterocycles. The van der Waals surface area contributed by atoms with E-state index in [1.807, 2.05) is 0 Å². The Hall–Kier alpha value is -1.16. The molecule has 1 atom stereocenters. The van der Waals surface area contributed by atoms with Crippen LogP contribution in [0.25, 0.3) is 0 Å². The van der Waals surface area contributed by atoms with E-state index in [9.17, 15) is 14.9 Å². The van der Waals surface area contributed by atoms with Gasteiger partial charge in [0.15, 0.2) is 0 Å². The predicted octanol–water partition coefficient (Wildman–Crippen LogP) is 1.28. The van der Waals surface area contributed by atoms with Crippen LogP contribution in [0.5, 0.6) is 0 Å². The number of carbonyl (C=O) groups is 1. The fraction of sp³-hybridized carbons (Fsp3) is 0.286. The molecule has 0 N–H and O–H groups in total. The normalized spacial score (nSPS) is 27.9. The van der Waals surface area contributed by atoms with Gasteiger partial charge in [0.2, 0.25) is 0 Å². The van der Waals surface area contributed by atoms with Crippen LogP contribution in [0, 0.1) is 10.1 Å². The monoisotopic (exact) mass is 187 g/mol. The highest BCUT2D eigenvalue weighted by atomic mass is 35.5. The van der Waals surface area contributed by atoms with Crippen molar-refractivity contribution in [1.82, 2.24) is 0 Å². The van der Waals surface area contributed by atoms with Gasteiger partial charge in [0.05, 0.1) is 4.92 Å². The van der Waals surface area contributed by atoms with Gasteiger partial charge >= 0.3 is 0 Å². The van der Waals surface area contributed by atoms with Crippen molar-refractivity contribution >= 4 is 17.9 Å². The third-order valence-corrected chi connectivity index (χ3v) is 1.93. The third-order valence-electron chi connectivity index (χ3n) is 1.56. The van der Waals surface area contributed by atoms with E-state index in [4.69, 9.17) is 11.6 Å². The maximum absolute atomic E-state index is 10.4. The van der Waals surface area contributed by atoms with Crippen LogP contribution in [-0.2, 0) is 4.79 Å². The number of halogens is 1. The average molecular weight is 188 g/mol. The van der Waals surface area contributed by atoms with Gasteiger partial charge in [-0.25, -0.2) is 0 Å². The molecule has 0 saturated carbocycles. The minimum atomic E-state index is -1.08. The standard InChI is InChI=1S/C7H6ClNO3/c8-7(5-10)3-1-6(2-4-7)9(11)12/h1-3,5H,4H2. The summed E-state index contributed by atoms with van der Waals surface area (Å²) in [6.07, 6.45) is 4.65. The molecular formula is C7H6ClNO3. The molecule has 0 fully saturated rings. The van der Waals surface area contributed by atoms with Crippen LogP contribution in [0.1, 0.15) is 6.42 Å². The van der Waals surface area contributed by atoms with Crippen LogP contribution in [0.4, 0.5) is 0 Å². The molecule has 5 heteroatoms. The van der Waals surface area contributed by atoms with E-state index in [1.165, 1.54) is 18.2 Å². The Morgan fingerprint density at radius 1 is 1.75 bits per heavy atom. The van der Waals surface area contributed by atoms with E-state index in [1.54, 1.807) is 0 Å². The molecule has 1 aliphatic rings. The SMILES string of the molecule is O=CC1(Cl)C=CC([N+](=O)[O-])=CC1. The molecule has 0 aromatic heterocycles. The highest BCUT2D eigenvalue weighted by Gasteiger charge is 2.27. The molecule has 0 aromatic rings. The number of nitrogens with zero attached hydrogens (tertiary/aromatic N) is 1. The van der Waals surface area contributed by atoms with Gasteiger partial charge in [-0.3, -0.25) is 10.1 Å². The second kappa shape index (κ2) is 3.06. The lowest BCUT2D eigenvalue weighted by atomic mass is 10.0. The molecule has 4 nitrogen and oxygen atoms in total. The van der Waals surface area contributed by atoms with E-state index in [2.05, 4.69) is 0 Å². The molecule has 0 heterocycles. The number of carbonyl (C=O) groups excluding carboxylic acids is 1. The molecule has 0 aromatic carbocycles. The highest BCUT2D eigenvalue weighted by Crippen LogP contribution is 2.25. The second-order valence-electron chi connectivity index (χ2n) is 2.47. The zero-order valence-corrected chi connectivity index (χ0v) is 6.82. The first-order valence-corrected chi connectivity index (χ1v) is 3.64. The van der Waals surface area contributed by atoms with Crippen molar-refractivity contribution in [2.24, 2.45) is 0 Å². The van der Waals surface area contributed by atoms with E-state index < -0.39 is 9.80 Å². The molecule has 0 spiro atoms. The van der Waals surface area contributed by atoms with Crippen LogP contribution in [0.3, 0.4) is 0 Å². The van der Waals surface area contributed by atoms with Crippen molar-refractivity contribution in [2.75, 3.05) is 0 Å². The number of alkyl halides is 1. The van der Waals surface area contributed by atoms with Gasteiger partial charge in [0.25, 0.3) is 5.70 Å². The van der Waals surface area contributed by atoms with E-state index in [0.717, 1.165) is 0 Å². The maximum Gasteiger partial charge on any atom is 0.265 e. The molecular weight excluding hydrogens is 182 g/mol. The van der Waals surface area contributed by atoms with Crippen molar-refractivity contribution in [3.63, 3.8) is 0 Å². The topological polar surface area (TPSA) is 60.2 Å². The minimum absolute atomic E-state index is 0.0203. The number of rotatable bonds is 2. The summed E-state index contributed by atoms with van der Waals surface area (Å²) in [6, 6.07) is 0. The molecule has 1 rings (SSSR count). The zero-order valence-electron chi connectivity index (χ0n) is 6.07. The summed E-state index contributed by atoms with van der Waals surface area (Å²) < 4.78 is 0. The van der Waals surface area contributed by atoms with Gasteiger partial charge in [-0.1, -0.05) is 0 Å². The van der Waals surface area contributed by atoms with Crippen LogP contribution >= 0.6 is 11.6 Å². The molecule has 64 valence electrons. The summed E-state index contributed by atoms with van der Waals surface area (Å²) in [7, 11) is 0. The van der Waals surface area contributed by atoms with E-state index in [-0.39, 0.29) is 12.1 Å². The molecule has 1 unspecified atom stereocenters. The van der Waals surface area contributed by atoms with Crippen molar-refractivity contribution in [2.45, 2.75) is 11.3 Å². The Bertz CT molecular complexity index is 284. The van der Waals surface area contributed by atoms with Gasteiger partial charge in [0, 0.05) is 12.5 Å². The molecule has 0 amide bonds. The Balaban J connectivity index is 2.80. The third kappa shape index (κ3) is 1.71. The lowest BCUT2D eigenvalue weighted by Gasteiger charge is -2.15. The zero-order chi connectivity index (χ0) is 9.19.